The molecule has 0 aliphatic rings. The summed E-state index contributed by atoms with van der Waals surface area (Å²) < 4.78 is 32.1. The zero-order valence-corrected chi connectivity index (χ0v) is 23.4. The second-order valence-electron chi connectivity index (χ2n) is 8.50. The number of hydrogen-bond acceptors (Lipinski definition) is 6. The average Bonchev–Trinajstić information content (AvgIpc) is 2.80. The second kappa shape index (κ2) is 23.9. The molecule has 0 bridgehead atoms. The SMILES string of the molecule is CCCCCCCCCCCC(=O)CCCCCCOCC(COP(=O)(O)OCCBr)OC. The molecule has 7 nitrogen and oxygen atoms in total. The summed E-state index contributed by atoms with van der Waals surface area (Å²) >= 11 is 3.12. The Morgan fingerprint density at radius 3 is 1.91 bits per heavy atom. The van der Waals surface area contributed by atoms with Crippen LogP contribution in [0.1, 0.15) is 103 Å². The van der Waals surface area contributed by atoms with Gasteiger partial charge >= 0.3 is 7.82 Å². The number of carbonyl (C=O) groups excluding carboxylic acids is 1. The van der Waals surface area contributed by atoms with E-state index in [4.69, 9.17) is 18.5 Å². The zero-order valence-electron chi connectivity index (χ0n) is 20.9. The fourth-order valence-electron chi connectivity index (χ4n) is 3.40. The molecule has 0 saturated carbocycles. The highest BCUT2D eigenvalue weighted by atomic mass is 79.9. The van der Waals surface area contributed by atoms with Gasteiger partial charge in [-0.1, -0.05) is 87.1 Å². The van der Waals surface area contributed by atoms with Gasteiger partial charge in [0.1, 0.15) is 11.9 Å². The Bertz CT molecular complexity index is 493. The van der Waals surface area contributed by atoms with Gasteiger partial charge in [-0.15, -0.1) is 0 Å². The van der Waals surface area contributed by atoms with Crippen LogP contribution < -0.4 is 0 Å². The quantitative estimate of drug-likeness (QED) is 0.0694. The van der Waals surface area contributed by atoms with E-state index in [0.29, 0.717) is 24.1 Å². The highest BCUT2D eigenvalue weighted by Crippen LogP contribution is 2.43. The van der Waals surface area contributed by atoms with E-state index < -0.39 is 13.9 Å². The highest BCUT2D eigenvalue weighted by molar-refractivity contribution is 9.09. The molecule has 2 atom stereocenters. The molecule has 2 unspecified atom stereocenters. The van der Waals surface area contributed by atoms with Gasteiger partial charge in [0.05, 0.1) is 19.8 Å². The maximum Gasteiger partial charge on any atom is 0.472 e. The van der Waals surface area contributed by atoms with Gasteiger partial charge in [0.25, 0.3) is 0 Å². The molecule has 0 heterocycles. The fraction of sp³-hybridized carbons (Fsp3) is 0.958. The minimum atomic E-state index is -4.05. The first kappa shape index (κ1) is 33.2. The number of carbonyl (C=O) groups is 1. The van der Waals surface area contributed by atoms with E-state index in [0.717, 1.165) is 38.5 Å². The number of Topliss-reactive ketones (excluding diaryl/α,β-unsaturated/α-hetero) is 1. The summed E-state index contributed by atoms with van der Waals surface area (Å²) in [5.74, 6) is 0.401. The van der Waals surface area contributed by atoms with Gasteiger partial charge in [-0.05, 0) is 19.3 Å². The van der Waals surface area contributed by atoms with Crippen LogP contribution in [0.2, 0.25) is 0 Å². The van der Waals surface area contributed by atoms with E-state index in [1.165, 1.54) is 58.5 Å². The molecule has 198 valence electrons. The summed E-state index contributed by atoms with van der Waals surface area (Å²) in [4.78, 5) is 21.5. The Hall–Kier alpha value is 0.180. The van der Waals surface area contributed by atoms with Crippen molar-refractivity contribution in [2.24, 2.45) is 0 Å². The number of phosphoric acid groups is 1. The molecule has 0 radical (unpaired) electrons. The molecule has 1 N–H and O–H groups in total. The molecule has 0 rings (SSSR count). The normalized spacial score (nSPS) is 14.3. The van der Waals surface area contributed by atoms with E-state index in [-0.39, 0.29) is 19.8 Å². The van der Waals surface area contributed by atoms with Crippen LogP contribution in [0, 0.1) is 0 Å². The van der Waals surface area contributed by atoms with Crippen LogP contribution in [0.5, 0.6) is 0 Å². The molecule has 0 amide bonds. The van der Waals surface area contributed by atoms with E-state index in [1.807, 2.05) is 0 Å². The lowest BCUT2D eigenvalue weighted by molar-refractivity contribution is -0.119. The molecule has 0 saturated heterocycles. The lowest BCUT2D eigenvalue weighted by Crippen LogP contribution is -2.24. The van der Waals surface area contributed by atoms with Gasteiger partial charge < -0.3 is 14.4 Å². The minimum Gasteiger partial charge on any atom is -0.379 e. The van der Waals surface area contributed by atoms with Gasteiger partial charge in [-0.2, -0.15) is 0 Å². The van der Waals surface area contributed by atoms with Gasteiger partial charge in [0, 0.05) is 31.9 Å². The van der Waals surface area contributed by atoms with E-state index in [2.05, 4.69) is 22.9 Å². The molecule has 0 aromatic carbocycles. The molecule has 0 aliphatic heterocycles. The molecule has 0 fully saturated rings. The summed E-state index contributed by atoms with van der Waals surface area (Å²) in [7, 11) is -2.55. The van der Waals surface area contributed by atoms with Crippen molar-refractivity contribution in [1.29, 1.82) is 0 Å². The van der Waals surface area contributed by atoms with E-state index in [9.17, 15) is 14.3 Å². The number of halogens is 1. The first-order chi connectivity index (χ1) is 15.9. The zero-order chi connectivity index (χ0) is 24.6. The average molecular weight is 560 g/mol. The van der Waals surface area contributed by atoms with Gasteiger partial charge in [0.15, 0.2) is 0 Å². The lowest BCUT2D eigenvalue weighted by atomic mass is 10.0. The van der Waals surface area contributed by atoms with Crippen LogP contribution in [-0.4, -0.2) is 55.6 Å². The third-order valence-corrected chi connectivity index (χ3v) is 6.75. The van der Waals surface area contributed by atoms with Crippen LogP contribution in [0.15, 0.2) is 0 Å². The summed E-state index contributed by atoms with van der Waals surface area (Å²) in [6.07, 6.45) is 16.4. The van der Waals surface area contributed by atoms with Gasteiger partial charge in [-0.3, -0.25) is 13.8 Å². The number of rotatable bonds is 26. The Morgan fingerprint density at radius 1 is 0.818 bits per heavy atom. The van der Waals surface area contributed by atoms with Gasteiger partial charge in [-0.25, -0.2) is 4.57 Å². The standard InChI is InChI=1S/C24H48BrO7P/c1-3-4-5-6-7-8-9-10-13-16-23(26)17-14-11-12-15-19-30-21-24(29-2)22-32-33(27,28)31-20-18-25/h24H,3-22H2,1-2H3,(H,27,28). The number of phosphoric ester groups is 1. The van der Waals surface area contributed by atoms with Crippen molar-refractivity contribution in [3.8, 4) is 0 Å². The fourth-order valence-corrected chi connectivity index (χ4v) is 4.56. The topological polar surface area (TPSA) is 91.3 Å². The molecule has 9 heteroatoms. The lowest BCUT2D eigenvalue weighted by Gasteiger charge is -2.18. The molecule has 0 aromatic rings. The van der Waals surface area contributed by atoms with Crippen molar-refractivity contribution in [2.45, 2.75) is 109 Å². The van der Waals surface area contributed by atoms with Crippen LogP contribution in [0.3, 0.4) is 0 Å². The smallest absolute Gasteiger partial charge is 0.379 e. The number of hydrogen-bond donors (Lipinski definition) is 1. The first-order valence-corrected chi connectivity index (χ1v) is 15.4. The van der Waals surface area contributed by atoms with Crippen molar-refractivity contribution in [3.63, 3.8) is 0 Å². The monoisotopic (exact) mass is 558 g/mol. The van der Waals surface area contributed by atoms with E-state index >= 15 is 0 Å². The molecule has 33 heavy (non-hydrogen) atoms. The molecular weight excluding hydrogens is 511 g/mol. The second-order valence-corrected chi connectivity index (χ2v) is 10.7. The van der Waals surface area contributed by atoms with Gasteiger partial charge in [0.2, 0.25) is 0 Å². The van der Waals surface area contributed by atoms with Crippen LogP contribution >= 0.6 is 23.8 Å². The molecule has 0 aromatic heterocycles. The minimum absolute atomic E-state index is 0.0758. The highest BCUT2D eigenvalue weighted by Gasteiger charge is 2.23. The largest absolute Gasteiger partial charge is 0.472 e. The number of ketones is 1. The number of ether oxygens (including phenoxy) is 2. The summed E-state index contributed by atoms with van der Waals surface area (Å²) in [6, 6.07) is 0. The van der Waals surface area contributed by atoms with Crippen molar-refractivity contribution >= 4 is 29.5 Å². The summed E-state index contributed by atoms with van der Waals surface area (Å²) in [5.41, 5.74) is 0. The number of methoxy groups -OCH3 is 1. The predicted molar refractivity (Wildman–Crippen MR) is 137 cm³/mol. The number of unbranched alkanes of at least 4 members (excludes halogenated alkanes) is 11. The Labute approximate surface area is 210 Å². The Balaban J connectivity index is 3.51. The van der Waals surface area contributed by atoms with Crippen LogP contribution in [0.25, 0.3) is 0 Å². The molecule has 0 aliphatic carbocycles. The third-order valence-electron chi connectivity index (χ3n) is 5.45. The van der Waals surface area contributed by atoms with E-state index in [1.54, 1.807) is 0 Å². The molecular formula is C24H48BrO7P. The summed E-state index contributed by atoms with van der Waals surface area (Å²) in [5, 5.41) is 0.450. The van der Waals surface area contributed by atoms with Crippen molar-refractivity contribution < 1.29 is 32.8 Å². The Morgan fingerprint density at radius 2 is 1.36 bits per heavy atom. The molecule has 0 spiro atoms. The van der Waals surface area contributed by atoms with Crippen molar-refractivity contribution in [1.82, 2.24) is 0 Å². The summed E-state index contributed by atoms with van der Waals surface area (Å²) in [6.45, 7) is 3.13. The third kappa shape index (κ3) is 23.7. The van der Waals surface area contributed by atoms with Crippen molar-refractivity contribution in [3.05, 3.63) is 0 Å². The maximum absolute atomic E-state index is 12.0. The maximum atomic E-state index is 12.0. The number of alkyl halides is 1. The van der Waals surface area contributed by atoms with Crippen LogP contribution in [0.4, 0.5) is 0 Å². The first-order valence-electron chi connectivity index (χ1n) is 12.7. The van der Waals surface area contributed by atoms with Crippen molar-refractivity contribution in [2.75, 3.05) is 38.9 Å². The predicted octanol–water partition coefficient (Wildman–Crippen LogP) is 6.99. The Kier molecular flexibility index (Phi) is 24.0. The van der Waals surface area contributed by atoms with Crippen LogP contribution in [-0.2, 0) is 27.9 Å².